The smallest absolute Gasteiger partial charge is 0.147 e. The van der Waals surface area contributed by atoms with E-state index in [4.69, 9.17) is 4.74 Å². The van der Waals surface area contributed by atoms with Gasteiger partial charge in [0.25, 0.3) is 0 Å². The lowest BCUT2D eigenvalue weighted by Crippen LogP contribution is -1.85. The van der Waals surface area contributed by atoms with Crippen LogP contribution in [0.4, 0.5) is 0 Å². The van der Waals surface area contributed by atoms with Crippen LogP contribution in [0.25, 0.3) is 10.6 Å². The second-order valence-electron chi connectivity index (χ2n) is 3.67. The van der Waals surface area contributed by atoms with Gasteiger partial charge in [-0.05, 0) is 40.5 Å². The van der Waals surface area contributed by atoms with E-state index in [9.17, 15) is 0 Å². The Kier molecular flexibility index (Phi) is 4.75. The average Bonchev–Trinajstić information content (AvgIpc) is 2.87. The fraction of sp³-hybridized carbons (Fsp3) is 0.333. The van der Waals surface area contributed by atoms with Gasteiger partial charge in [0.05, 0.1) is 16.4 Å². The van der Waals surface area contributed by atoms with Crippen molar-refractivity contribution in [1.29, 1.82) is 0 Å². The number of alkyl halides is 1. The summed E-state index contributed by atoms with van der Waals surface area (Å²) in [6.45, 7) is 2.12. The topological polar surface area (TPSA) is 35.0 Å². The number of hydrogen-bond acceptors (Lipinski definition) is 4. The Hall–Kier alpha value is -0.460. The summed E-state index contributed by atoms with van der Waals surface area (Å²) in [4.78, 5) is 0.283. The molecular weight excluding hydrogens is 380 g/mol. The molecule has 2 rings (SSSR count). The molecule has 0 radical (unpaired) electrons. The number of ether oxygens (including phenoxy) is 1. The van der Waals surface area contributed by atoms with Crippen molar-refractivity contribution in [3.63, 3.8) is 0 Å². The third-order valence-corrected chi connectivity index (χ3v) is 5.56. The van der Waals surface area contributed by atoms with Gasteiger partial charge in [-0.25, -0.2) is 0 Å². The molecule has 0 amide bonds. The lowest BCUT2D eigenvalue weighted by atomic mass is 10.2. The van der Waals surface area contributed by atoms with Gasteiger partial charge in [0, 0.05) is 5.56 Å². The molecule has 1 atom stereocenters. The average molecular weight is 392 g/mol. The first-order chi connectivity index (χ1) is 8.65. The molecule has 2 aromatic rings. The second kappa shape index (κ2) is 6.12. The summed E-state index contributed by atoms with van der Waals surface area (Å²) >= 11 is 8.67. The predicted molar refractivity (Wildman–Crippen MR) is 81.6 cm³/mol. The van der Waals surface area contributed by atoms with Gasteiger partial charge in [-0.3, -0.25) is 0 Å². The number of nitrogens with zero attached hydrogens (tertiary/aromatic N) is 2. The van der Waals surface area contributed by atoms with Gasteiger partial charge in [0.1, 0.15) is 15.8 Å². The molecule has 1 aromatic carbocycles. The minimum absolute atomic E-state index is 0.283. The van der Waals surface area contributed by atoms with Gasteiger partial charge < -0.3 is 4.74 Å². The zero-order valence-corrected chi connectivity index (χ0v) is 14.0. The molecule has 6 heteroatoms. The van der Waals surface area contributed by atoms with E-state index in [0.29, 0.717) is 0 Å². The molecule has 1 unspecified atom stereocenters. The number of aromatic nitrogens is 2. The Bertz CT molecular complexity index is 545. The van der Waals surface area contributed by atoms with Crippen LogP contribution in [0.5, 0.6) is 5.75 Å². The Labute approximate surface area is 127 Å². The van der Waals surface area contributed by atoms with Crippen LogP contribution < -0.4 is 4.74 Å². The molecule has 0 saturated heterocycles. The molecule has 0 bridgehead atoms. The Morgan fingerprint density at radius 2 is 2.17 bits per heavy atom. The van der Waals surface area contributed by atoms with Crippen LogP contribution in [0.2, 0.25) is 0 Å². The highest BCUT2D eigenvalue weighted by Gasteiger charge is 2.13. The largest absolute Gasteiger partial charge is 0.496 e. The van der Waals surface area contributed by atoms with E-state index in [2.05, 4.69) is 49.0 Å². The third-order valence-electron chi connectivity index (χ3n) is 2.47. The van der Waals surface area contributed by atoms with E-state index in [1.165, 1.54) is 0 Å². The number of methoxy groups -OCH3 is 1. The van der Waals surface area contributed by atoms with Gasteiger partial charge in [-0.1, -0.05) is 34.2 Å². The number of rotatable bonds is 4. The number of hydrogen-bond donors (Lipinski definition) is 0. The van der Waals surface area contributed by atoms with Crippen molar-refractivity contribution in [3.05, 3.63) is 27.7 Å². The van der Waals surface area contributed by atoms with Crippen LogP contribution in [-0.2, 0) is 0 Å². The minimum atomic E-state index is 0.283. The molecular formula is C12H12Br2N2OS. The van der Waals surface area contributed by atoms with E-state index < -0.39 is 0 Å². The maximum absolute atomic E-state index is 5.21. The van der Waals surface area contributed by atoms with Gasteiger partial charge in [-0.2, -0.15) is 0 Å². The molecule has 0 saturated carbocycles. The molecule has 96 valence electrons. The first-order valence-electron chi connectivity index (χ1n) is 5.47. The molecule has 0 aliphatic rings. The van der Waals surface area contributed by atoms with Crippen molar-refractivity contribution in [2.24, 2.45) is 0 Å². The summed E-state index contributed by atoms with van der Waals surface area (Å²) in [6, 6.07) is 5.91. The summed E-state index contributed by atoms with van der Waals surface area (Å²) in [5.41, 5.74) is 1.04. The van der Waals surface area contributed by atoms with Crippen LogP contribution in [0.15, 0.2) is 22.7 Å². The molecule has 0 N–H and O–H groups in total. The Morgan fingerprint density at radius 3 is 2.78 bits per heavy atom. The van der Waals surface area contributed by atoms with E-state index in [1.54, 1.807) is 18.4 Å². The van der Waals surface area contributed by atoms with Gasteiger partial charge in [0.15, 0.2) is 0 Å². The van der Waals surface area contributed by atoms with Crippen LogP contribution in [-0.4, -0.2) is 17.3 Å². The summed E-state index contributed by atoms with van der Waals surface area (Å²) in [5, 5.41) is 10.4. The van der Waals surface area contributed by atoms with E-state index in [-0.39, 0.29) is 4.83 Å². The molecule has 1 heterocycles. The maximum Gasteiger partial charge on any atom is 0.147 e. The SMILES string of the molecule is CCC(Br)c1nnc(-c2ccc(OC)c(Br)c2)s1. The molecule has 3 nitrogen and oxygen atoms in total. The lowest BCUT2D eigenvalue weighted by Gasteiger charge is -2.03. The summed E-state index contributed by atoms with van der Waals surface area (Å²) < 4.78 is 6.13. The summed E-state index contributed by atoms with van der Waals surface area (Å²) in [6.07, 6.45) is 1.00. The number of halogens is 2. The van der Waals surface area contributed by atoms with Crippen molar-refractivity contribution in [2.45, 2.75) is 18.2 Å². The fourth-order valence-electron chi connectivity index (χ4n) is 1.45. The molecule has 18 heavy (non-hydrogen) atoms. The highest BCUT2D eigenvalue weighted by molar-refractivity contribution is 9.10. The standard InChI is InChI=1S/C12H12Br2N2OS/c1-3-8(13)12-16-15-11(18-12)7-4-5-10(17-2)9(14)6-7/h4-6,8H,3H2,1-2H3. The van der Waals surface area contributed by atoms with Crippen molar-refractivity contribution in [2.75, 3.05) is 7.11 Å². The van der Waals surface area contributed by atoms with Crippen LogP contribution in [0.1, 0.15) is 23.2 Å². The highest BCUT2D eigenvalue weighted by Crippen LogP contribution is 2.35. The minimum Gasteiger partial charge on any atom is -0.496 e. The van der Waals surface area contributed by atoms with Crippen molar-refractivity contribution in [3.8, 4) is 16.3 Å². The Morgan fingerprint density at radius 1 is 1.39 bits per heavy atom. The zero-order valence-electron chi connectivity index (χ0n) is 9.98. The van der Waals surface area contributed by atoms with Crippen LogP contribution in [0.3, 0.4) is 0 Å². The van der Waals surface area contributed by atoms with Gasteiger partial charge in [0.2, 0.25) is 0 Å². The molecule has 1 aromatic heterocycles. The normalized spacial score (nSPS) is 12.4. The quantitative estimate of drug-likeness (QED) is 0.700. The lowest BCUT2D eigenvalue weighted by molar-refractivity contribution is 0.412. The molecule has 0 aliphatic heterocycles. The molecule has 0 fully saturated rings. The maximum atomic E-state index is 5.21. The van der Waals surface area contributed by atoms with E-state index >= 15 is 0 Å². The fourth-order valence-corrected chi connectivity index (χ4v) is 3.27. The zero-order chi connectivity index (χ0) is 13.1. The van der Waals surface area contributed by atoms with Crippen LogP contribution in [0, 0.1) is 0 Å². The van der Waals surface area contributed by atoms with E-state index in [1.807, 2.05) is 18.2 Å². The number of benzene rings is 1. The highest BCUT2D eigenvalue weighted by atomic mass is 79.9. The summed E-state index contributed by atoms with van der Waals surface area (Å²) in [7, 11) is 1.65. The first-order valence-corrected chi connectivity index (χ1v) is 7.99. The van der Waals surface area contributed by atoms with Crippen molar-refractivity contribution in [1.82, 2.24) is 10.2 Å². The summed E-state index contributed by atoms with van der Waals surface area (Å²) in [5.74, 6) is 0.815. The molecule has 0 spiro atoms. The predicted octanol–water partition coefficient (Wildman–Crippen LogP) is 4.82. The third kappa shape index (κ3) is 2.92. The van der Waals surface area contributed by atoms with Gasteiger partial charge in [-0.15, -0.1) is 10.2 Å². The van der Waals surface area contributed by atoms with Crippen LogP contribution >= 0.6 is 43.2 Å². The molecule has 0 aliphatic carbocycles. The van der Waals surface area contributed by atoms with Crippen molar-refractivity contribution < 1.29 is 4.74 Å². The van der Waals surface area contributed by atoms with E-state index in [0.717, 1.165) is 32.2 Å². The first kappa shape index (κ1) is 14.0. The van der Waals surface area contributed by atoms with Crippen molar-refractivity contribution >= 4 is 43.2 Å². The van der Waals surface area contributed by atoms with Gasteiger partial charge >= 0.3 is 0 Å². The second-order valence-corrected chi connectivity index (χ2v) is 6.64. The monoisotopic (exact) mass is 390 g/mol. The Balaban J connectivity index is 2.31.